The third-order valence-electron chi connectivity index (χ3n) is 4.19. The van der Waals surface area contributed by atoms with Gasteiger partial charge in [-0.15, -0.1) is 0 Å². The molecule has 1 aromatic rings. The molecule has 0 spiro atoms. The van der Waals surface area contributed by atoms with Gasteiger partial charge in [0.1, 0.15) is 5.75 Å². The summed E-state index contributed by atoms with van der Waals surface area (Å²) in [6.45, 7) is 11.1. The molecule has 1 fully saturated rings. The van der Waals surface area contributed by atoms with Crippen LogP contribution >= 0.6 is 0 Å². The minimum absolute atomic E-state index is 0.175. The quantitative estimate of drug-likeness (QED) is 0.883. The van der Waals surface area contributed by atoms with Gasteiger partial charge < -0.3 is 10.5 Å². The Morgan fingerprint density at radius 1 is 1.20 bits per heavy atom. The molecule has 2 heteroatoms. The summed E-state index contributed by atoms with van der Waals surface area (Å²) in [6, 6.07) is 8.30. The van der Waals surface area contributed by atoms with E-state index in [1.807, 2.05) is 6.07 Å². The summed E-state index contributed by atoms with van der Waals surface area (Å²) in [5.41, 5.74) is 8.04. The molecule has 1 aliphatic rings. The maximum Gasteiger partial charge on any atom is 0.124 e. The van der Waals surface area contributed by atoms with E-state index in [0.717, 1.165) is 18.6 Å². The number of benzene rings is 1. The second-order valence-corrected chi connectivity index (χ2v) is 7.67. The first-order valence-electron chi connectivity index (χ1n) is 7.77. The van der Waals surface area contributed by atoms with Gasteiger partial charge in [-0.3, -0.25) is 0 Å². The Morgan fingerprint density at radius 2 is 1.85 bits per heavy atom. The van der Waals surface area contributed by atoms with Gasteiger partial charge in [-0.2, -0.15) is 0 Å². The molecule has 0 aromatic heterocycles. The smallest absolute Gasteiger partial charge is 0.124 e. The van der Waals surface area contributed by atoms with E-state index in [-0.39, 0.29) is 17.1 Å². The highest BCUT2D eigenvalue weighted by Gasteiger charge is 2.42. The van der Waals surface area contributed by atoms with Gasteiger partial charge in [0.05, 0.1) is 6.10 Å². The van der Waals surface area contributed by atoms with Crippen molar-refractivity contribution in [1.82, 2.24) is 0 Å². The molecule has 0 aliphatic heterocycles. The molecule has 2 unspecified atom stereocenters. The molecule has 1 aromatic carbocycles. The lowest BCUT2D eigenvalue weighted by atomic mass is 9.62. The third kappa shape index (κ3) is 3.35. The molecule has 0 amide bonds. The molecule has 2 rings (SSSR count). The highest BCUT2D eigenvalue weighted by molar-refractivity contribution is 5.40. The molecule has 1 saturated carbocycles. The Labute approximate surface area is 123 Å². The van der Waals surface area contributed by atoms with Crippen LogP contribution in [0.25, 0.3) is 0 Å². The van der Waals surface area contributed by atoms with Gasteiger partial charge in [-0.05, 0) is 50.5 Å². The number of para-hydroxylation sites is 1. The average molecular weight is 275 g/mol. The van der Waals surface area contributed by atoms with Crippen LogP contribution in [0, 0.1) is 11.3 Å². The van der Waals surface area contributed by atoms with E-state index in [4.69, 9.17) is 10.5 Å². The fraction of sp³-hybridized carbons (Fsp3) is 0.667. The predicted octanol–water partition coefficient (Wildman–Crippen LogP) is 4.47. The van der Waals surface area contributed by atoms with Crippen molar-refractivity contribution in [1.29, 1.82) is 0 Å². The molecule has 2 N–H and O–H groups in total. The van der Waals surface area contributed by atoms with Gasteiger partial charge in [0.15, 0.2) is 0 Å². The van der Waals surface area contributed by atoms with Crippen LogP contribution in [0.5, 0.6) is 5.75 Å². The Hall–Kier alpha value is -1.02. The van der Waals surface area contributed by atoms with Crippen LogP contribution in [0.2, 0.25) is 0 Å². The molecule has 112 valence electrons. The topological polar surface area (TPSA) is 35.2 Å². The van der Waals surface area contributed by atoms with E-state index in [9.17, 15) is 0 Å². The van der Waals surface area contributed by atoms with Crippen LogP contribution in [0.3, 0.4) is 0 Å². The molecule has 0 radical (unpaired) electrons. The molecular weight excluding hydrogens is 246 g/mol. The summed E-state index contributed by atoms with van der Waals surface area (Å²) in [4.78, 5) is 0. The second kappa shape index (κ2) is 5.40. The van der Waals surface area contributed by atoms with E-state index in [1.165, 1.54) is 12.0 Å². The Morgan fingerprint density at radius 3 is 2.45 bits per heavy atom. The molecule has 0 saturated heterocycles. The highest BCUT2D eigenvalue weighted by atomic mass is 16.5. The summed E-state index contributed by atoms with van der Waals surface area (Å²) >= 11 is 0. The van der Waals surface area contributed by atoms with Crippen LogP contribution < -0.4 is 10.5 Å². The number of hydrogen-bond acceptors (Lipinski definition) is 2. The van der Waals surface area contributed by atoms with E-state index < -0.39 is 0 Å². The van der Waals surface area contributed by atoms with Crippen LogP contribution in [0.4, 0.5) is 0 Å². The maximum atomic E-state index is 6.84. The minimum Gasteiger partial charge on any atom is -0.491 e. The van der Waals surface area contributed by atoms with Crippen LogP contribution in [-0.2, 0) is 5.54 Å². The zero-order valence-corrected chi connectivity index (χ0v) is 13.6. The fourth-order valence-corrected chi connectivity index (χ4v) is 4.08. The molecular formula is C18H29NO. The van der Waals surface area contributed by atoms with E-state index in [1.54, 1.807) is 0 Å². The first-order valence-corrected chi connectivity index (χ1v) is 7.77. The summed E-state index contributed by atoms with van der Waals surface area (Å²) in [5.74, 6) is 1.60. The lowest BCUT2D eigenvalue weighted by Crippen LogP contribution is -2.47. The summed E-state index contributed by atoms with van der Waals surface area (Å²) in [7, 11) is 0. The standard InChI is InChI=1S/C18H29NO/c1-13(2)20-16-9-7-6-8-15(16)18(19)11-14(3)10-17(4,5)12-18/h6-9,13-14H,10-12,19H2,1-5H3. The molecule has 20 heavy (non-hydrogen) atoms. The van der Waals surface area contributed by atoms with Gasteiger partial charge in [0.25, 0.3) is 0 Å². The summed E-state index contributed by atoms with van der Waals surface area (Å²) in [5, 5.41) is 0. The lowest BCUT2D eigenvalue weighted by molar-refractivity contribution is 0.103. The van der Waals surface area contributed by atoms with Gasteiger partial charge in [0, 0.05) is 11.1 Å². The number of ether oxygens (including phenoxy) is 1. The largest absolute Gasteiger partial charge is 0.491 e. The lowest BCUT2D eigenvalue weighted by Gasteiger charge is -2.46. The van der Waals surface area contributed by atoms with Gasteiger partial charge >= 0.3 is 0 Å². The number of hydrogen-bond donors (Lipinski definition) is 1. The first kappa shape index (κ1) is 15.4. The molecule has 2 nitrogen and oxygen atoms in total. The SMILES string of the molecule is CC1CC(C)(C)CC(N)(c2ccccc2OC(C)C)C1. The van der Waals surface area contributed by atoms with E-state index >= 15 is 0 Å². The van der Waals surface area contributed by atoms with Gasteiger partial charge in [-0.25, -0.2) is 0 Å². The zero-order valence-electron chi connectivity index (χ0n) is 13.6. The molecule has 0 bridgehead atoms. The third-order valence-corrected chi connectivity index (χ3v) is 4.19. The Bertz CT molecular complexity index is 466. The Kier molecular flexibility index (Phi) is 4.15. The van der Waals surface area contributed by atoms with E-state index in [0.29, 0.717) is 5.92 Å². The number of rotatable bonds is 3. The maximum absolute atomic E-state index is 6.84. The van der Waals surface area contributed by atoms with Crippen molar-refractivity contribution in [2.75, 3.05) is 0 Å². The van der Waals surface area contributed by atoms with E-state index in [2.05, 4.69) is 52.8 Å². The van der Waals surface area contributed by atoms with Crippen molar-refractivity contribution in [3.05, 3.63) is 29.8 Å². The number of nitrogens with two attached hydrogens (primary N) is 1. The van der Waals surface area contributed by atoms with Gasteiger partial charge in [-0.1, -0.05) is 39.0 Å². The minimum atomic E-state index is -0.271. The van der Waals surface area contributed by atoms with Crippen molar-refractivity contribution in [3.8, 4) is 5.75 Å². The second-order valence-electron chi connectivity index (χ2n) is 7.67. The molecule has 2 atom stereocenters. The first-order chi connectivity index (χ1) is 9.22. The van der Waals surface area contributed by atoms with Gasteiger partial charge in [0.2, 0.25) is 0 Å². The van der Waals surface area contributed by atoms with Crippen molar-refractivity contribution >= 4 is 0 Å². The van der Waals surface area contributed by atoms with Crippen molar-refractivity contribution < 1.29 is 4.74 Å². The predicted molar refractivity (Wildman–Crippen MR) is 84.9 cm³/mol. The normalized spacial score (nSPS) is 29.4. The van der Waals surface area contributed by atoms with Crippen LogP contribution in [0.15, 0.2) is 24.3 Å². The summed E-state index contributed by atoms with van der Waals surface area (Å²) < 4.78 is 5.99. The van der Waals surface area contributed by atoms with Crippen LogP contribution in [0.1, 0.15) is 59.4 Å². The summed E-state index contributed by atoms with van der Waals surface area (Å²) in [6.07, 6.45) is 3.48. The highest BCUT2D eigenvalue weighted by Crippen LogP contribution is 2.49. The molecule has 1 aliphatic carbocycles. The average Bonchev–Trinajstić information content (AvgIpc) is 2.25. The van der Waals surface area contributed by atoms with Crippen molar-refractivity contribution in [2.24, 2.45) is 17.1 Å². The fourth-order valence-electron chi connectivity index (χ4n) is 4.08. The van der Waals surface area contributed by atoms with Crippen molar-refractivity contribution in [3.63, 3.8) is 0 Å². The monoisotopic (exact) mass is 275 g/mol. The molecule has 0 heterocycles. The van der Waals surface area contributed by atoms with Crippen LogP contribution in [-0.4, -0.2) is 6.10 Å². The Balaban J connectivity index is 2.38. The van der Waals surface area contributed by atoms with Crippen molar-refractivity contribution in [2.45, 2.75) is 65.5 Å². The zero-order chi connectivity index (χ0) is 15.0.